The first kappa shape index (κ1) is 10.8. The number of aryl methyl sites for hydroxylation is 2. The molecule has 0 unspecified atom stereocenters. The Labute approximate surface area is 96.4 Å². The molecule has 0 aliphatic rings. The van der Waals surface area contributed by atoms with Gasteiger partial charge in [-0.1, -0.05) is 11.3 Å². The topological polar surface area (TPSA) is 68.0 Å². The Morgan fingerprint density at radius 2 is 2.06 bits per heavy atom. The van der Waals surface area contributed by atoms with Crippen LogP contribution in [0.3, 0.4) is 0 Å². The summed E-state index contributed by atoms with van der Waals surface area (Å²) in [5, 5.41) is 18.5. The number of carbonyl (C=O) groups is 1. The molecule has 16 heavy (non-hydrogen) atoms. The van der Waals surface area contributed by atoms with E-state index in [9.17, 15) is 4.79 Å². The molecule has 0 aliphatic carbocycles. The van der Waals surface area contributed by atoms with Crippen LogP contribution in [0.2, 0.25) is 0 Å². The molecule has 0 radical (unpaired) electrons. The summed E-state index contributed by atoms with van der Waals surface area (Å²) >= 11 is 1.44. The predicted octanol–water partition coefficient (Wildman–Crippen LogP) is 1.95. The zero-order valence-electron chi connectivity index (χ0n) is 9.18. The normalized spacial score (nSPS) is 10.7. The maximum Gasteiger partial charge on any atom is 0.337 e. The number of aromatic nitrogens is 3. The Bertz CT molecular complexity index is 556. The lowest BCUT2D eigenvalue weighted by atomic mass is 10.2. The Morgan fingerprint density at radius 3 is 2.50 bits per heavy atom. The molecule has 0 saturated heterocycles. The van der Waals surface area contributed by atoms with Crippen molar-refractivity contribution >= 4 is 17.3 Å². The summed E-state index contributed by atoms with van der Waals surface area (Å²) in [6.45, 7) is 5.50. The number of aromatic carboxylic acids is 1. The van der Waals surface area contributed by atoms with E-state index in [-0.39, 0.29) is 0 Å². The van der Waals surface area contributed by atoms with Gasteiger partial charge < -0.3 is 5.11 Å². The van der Waals surface area contributed by atoms with E-state index in [0.717, 1.165) is 10.7 Å². The quantitative estimate of drug-likeness (QED) is 0.866. The van der Waals surface area contributed by atoms with Gasteiger partial charge in [0.05, 0.1) is 5.56 Å². The van der Waals surface area contributed by atoms with Crippen LogP contribution >= 0.6 is 11.3 Å². The standard InChI is InChI=1S/C10H11N3O2S/c1-5-4-8(9(14)15)6(2)13(5)10-12-11-7(3)16-10/h4H,1-3H3,(H,14,15). The number of hydrogen-bond donors (Lipinski definition) is 1. The first-order valence-electron chi connectivity index (χ1n) is 4.73. The highest BCUT2D eigenvalue weighted by Crippen LogP contribution is 2.22. The molecule has 0 atom stereocenters. The van der Waals surface area contributed by atoms with Gasteiger partial charge >= 0.3 is 5.97 Å². The Morgan fingerprint density at radius 1 is 1.38 bits per heavy atom. The fourth-order valence-corrected chi connectivity index (χ4v) is 2.45. The molecule has 0 saturated carbocycles. The highest BCUT2D eigenvalue weighted by atomic mass is 32.1. The molecular weight excluding hydrogens is 226 g/mol. The molecule has 5 nitrogen and oxygen atoms in total. The van der Waals surface area contributed by atoms with Crippen LogP contribution in [0.1, 0.15) is 26.8 Å². The molecule has 0 fully saturated rings. The molecule has 2 rings (SSSR count). The largest absolute Gasteiger partial charge is 0.478 e. The zero-order chi connectivity index (χ0) is 11.9. The third-order valence-corrected chi connectivity index (χ3v) is 3.19. The monoisotopic (exact) mass is 237 g/mol. The average molecular weight is 237 g/mol. The zero-order valence-corrected chi connectivity index (χ0v) is 10.00. The third kappa shape index (κ3) is 1.61. The fraction of sp³-hybridized carbons (Fsp3) is 0.300. The molecule has 0 spiro atoms. The lowest BCUT2D eigenvalue weighted by Crippen LogP contribution is -2.02. The number of nitrogens with zero attached hydrogens (tertiary/aromatic N) is 3. The molecule has 84 valence electrons. The lowest BCUT2D eigenvalue weighted by Gasteiger charge is -2.03. The molecule has 0 amide bonds. The van der Waals surface area contributed by atoms with Crippen LogP contribution in [0.5, 0.6) is 0 Å². The van der Waals surface area contributed by atoms with Crippen LogP contribution in [0.25, 0.3) is 5.13 Å². The molecule has 2 aromatic rings. The van der Waals surface area contributed by atoms with Gasteiger partial charge in [0.15, 0.2) is 0 Å². The molecule has 0 bridgehead atoms. The lowest BCUT2D eigenvalue weighted by molar-refractivity contribution is 0.0696. The van der Waals surface area contributed by atoms with E-state index < -0.39 is 5.97 Å². The minimum Gasteiger partial charge on any atom is -0.478 e. The molecule has 6 heteroatoms. The Kier molecular flexibility index (Phi) is 2.51. The van der Waals surface area contributed by atoms with Crippen molar-refractivity contribution in [2.24, 2.45) is 0 Å². The van der Waals surface area contributed by atoms with Gasteiger partial charge in [0.25, 0.3) is 0 Å². The van der Waals surface area contributed by atoms with Crippen LogP contribution in [0.4, 0.5) is 0 Å². The summed E-state index contributed by atoms with van der Waals surface area (Å²) in [5.74, 6) is -0.916. The van der Waals surface area contributed by atoms with Gasteiger partial charge in [-0.2, -0.15) is 0 Å². The van der Waals surface area contributed by atoms with Crippen LogP contribution in [0.15, 0.2) is 6.07 Å². The van der Waals surface area contributed by atoms with E-state index in [1.807, 2.05) is 18.4 Å². The van der Waals surface area contributed by atoms with Gasteiger partial charge in [-0.05, 0) is 26.8 Å². The molecule has 0 aromatic carbocycles. The second-order valence-corrected chi connectivity index (χ2v) is 4.69. The van der Waals surface area contributed by atoms with E-state index in [1.165, 1.54) is 11.3 Å². The highest BCUT2D eigenvalue weighted by molar-refractivity contribution is 7.13. The summed E-state index contributed by atoms with van der Waals surface area (Å²) in [5.41, 5.74) is 1.84. The average Bonchev–Trinajstić information content (AvgIpc) is 2.71. The molecule has 0 aliphatic heterocycles. The van der Waals surface area contributed by atoms with Crippen molar-refractivity contribution in [1.82, 2.24) is 14.8 Å². The maximum atomic E-state index is 11.0. The molecular formula is C10H11N3O2S. The van der Waals surface area contributed by atoms with Crippen molar-refractivity contribution < 1.29 is 9.90 Å². The van der Waals surface area contributed by atoms with Crippen molar-refractivity contribution in [3.05, 3.63) is 28.0 Å². The first-order valence-corrected chi connectivity index (χ1v) is 5.55. The second kappa shape index (κ2) is 3.71. The SMILES string of the molecule is Cc1nnc(-n2c(C)cc(C(=O)O)c2C)s1. The smallest absolute Gasteiger partial charge is 0.337 e. The van der Waals surface area contributed by atoms with Gasteiger partial charge in [0.2, 0.25) is 5.13 Å². The van der Waals surface area contributed by atoms with Gasteiger partial charge in [0.1, 0.15) is 5.01 Å². The van der Waals surface area contributed by atoms with Crippen molar-refractivity contribution in [2.75, 3.05) is 0 Å². The molecule has 2 heterocycles. The van der Waals surface area contributed by atoms with Gasteiger partial charge in [-0.25, -0.2) is 4.79 Å². The highest BCUT2D eigenvalue weighted by Gasteiger charge is 2.17. The third-order valence-electron chi connectivity index (χ3n) is 2.37. The minimum atomic E-state index is -0.916. The molecule has 2 aromatic heterocycles. The van der Waals surface area contributed by atoms with E-state index >= 15 is 0 Å². The first-order chi connectivity index (χ1) is 7.50. The van der Waals surface area contributed by atoms with Crippen LogP contribution < -0.4 is 0 Å². The van der Waals surface area contributed by atoms with Crippen molar-refractivity contribution in [3.8, 4) is 5.13 Å². The van der Waals surface area contributed by atoms with Gasteiger partial charge in [0, 0.05) is 11.4 Å². The summed E-state index contributed by atoms with van der Waals surface area (Å²) in [6, 6.07) is 1.65. The number of carboxylic acid groups (broad SMARTS) is 1. The van der Waals surface area contributed by atoms with E-state index in [2.05, 4.69) is 10.2 Å². The van der Waals surface area contributed by atoms with E-state index in [0.29, 0.717) is 16.4 Å². The second-order valence-electron chi connectivity index (χ2n) is 3.53. The fourth-order valence-electron chi connectivity index (χ4n) is 1.65. The summed E-state index contributed by atoms with van der Waals surface area (Å²) in [6.07, 6.45) is 0. The predicted molar refractivity (Wildman–Crippen MR) is 60.4 cm³/mol. The Balaban J connectivity index is 2.61. The number of carboxylic acids is 1. The number of hydrogen-bond acceptors (Lipinski definition) is 4. The van der Waals surface area contributed by atoms with E-state index in [1.54, 1.807) is 13.0 Å². The minimum absolute atomic E-state index is 0.311. The Hall–Kier alpha value is -1.69. The van der Waals surface area contributed by atoms with Gasteiger partial charge in [-0.15, -0.1) is 10.2 Å². The summed E-state index contributed by atoms with van der Waals surface area (Å²) < 4.78 is 1.81. The summed E-state index contributed by atoms with van der Waals surface area (Å²) in [7, 11) is 0. The van der Waals surface area contributed by atoms with Crippen LogP contribution in [-0.2, 0) is 0 Å². The van der Waals surface area contributed by atoms with Crippen molar-refractivity contribution in [1.29, 1.82) is 0 Å². The van der Waals surface area contributed by atoms with E-state index in [4.69, 9.17) is 5.11 Å². The number of rotatable bonds is 2. The summed E-state index contributed by atoms with van der Waals surface area (Å²) in [4.78, 5) is 11.0. The molecule has 1 N–H and O–H groups in total. The van der Waals surface area contributed by atoms with Gasteiger partial charge in [-0.3, -0.25) is 4.57 Å². The van der Waals surface area contributed by atoms with Crippen molar-refractivity contribution in [3.63, 3.8) is 0 Å². The van der Waals surface area contributed by atoms with Crippen LogP contribution in [0, 0.1) is 20.8 Å². The van der Waals surface area contributed by atoms with Crippen molar-refractivity contribution in [2.45, 2.75) is 20.8 Å². The maximum absolute atomic E-state index is 11.0. The van der Waals surface area contributed by atoms with Crippen LogP contribution in [-0.4, -0.2) is 25.8 Å².